The molecule has 0 aromatic carbocycles. The Kier molecular flexibility index (Phi) is 7.09. The summed E-state index contributed by atoms with van der Waals surface area (Å²) in [5, 5.41) is 0. The Bertz CT molecular complexity index is 153. The number of likely N-dealkylation sites (N-methyl/N-ethyl adjacent to an activating group) is 1. The molecule has 1 atom stereocenters. The lowest BCUT2D eigenvalue weighted by Gasteiger charge is -2.22. The highest BCUT2D eigenvalue weighted by atomic mass is 32.2. The number of esters is 1. The first-order chi connectivity index (χ1) is 6.11. The van der Waals surface area contributed by atoms with E-state index in [4.69, 9.17) is 4.74 Å². The van der Waals surface area contributed by atoms with Gasteiger partial charge in [-0.1, -0.05) is 0 Å². The van der Waals surface area contributed by atoms with Crippen LogP contribution in [0.25, 0.3) is 0 Å². The first-order valence-electron chi connectivity index (χ1n) is 4.46. The second-order valence-electron chi connectivity index (χ2n) is 3.02. The van der Waals surface area contributed by atoms with Crippen molar-refractivity contribution in [2.24, 2.45) is 0 Å². The molecule has 0 spiro atoms. The number of ether oxygens (including phenoxy) is 1. The van der Waals surface area contributed by atoms with Gasteiger partial charge in [0.1, 0.15) is 0 Å². The zero-order valence-electron chi connectivity index (χ0n) is 8.87. The van der Waals surface area contributed by atoms with Crippen LogP contribution in [-0.2, 0) is 9.53 Å². The summed E-state index contributed by atoms with van der Waals surface area (Å²) < 4.78 is 4.85. The molecule has 0 aliphatic rings. The quantitative estimate of drug-likeness (QED) is 0.610. The lowest BCUT2D eigenvalue weighted by Crippen LogP contribution is -2.36. The van der Waals surface area contributed by atoms with E-state index >= 15 is 0 Å². The van der Waals surface area contributed by atoms with Gasteiger partial charge in [0.15, 0.2) is 0 Å². The minimum absolute atomic E-state index is 0.141. The van der Waals surface area contributed by atoms with Crippen LogP contribution in [0, 0.1) is 0 Å². The summed E-state index contributed by atoms with van der Waals surface area (Å²) in [5.41, 5.74) is 0. The number of hydrogen-bond acceptors (Lipinski definition) is 4. The van der Waals surface area contributed by atoms with Crippen LogP contribution in [0.1, 0.15) is 13.8 Å². The fraction of sp³-hybridized carbons (Fsp3) is 0.889. The van der Waals surface area contributed by atoms with Crippen molar-refractivity contribution in [3.63, 3.8) is 0 Å². The van der Waals surface area contributed by atoms with Gasteiger partial charge in [-0.2, -0.15) is 11.8 Å². The maximum absolute atomic E-state index is 11.1. The van der Waals surface area contributed by atoms with Crippen LogP contribution in [0.5, 0.6) is 0 Å². The minimum Gasteiger partial charge on any atom is -0.465 e. The van der Waals surface area contributed by atoms with Gasteiger partial charge in [0.25, 0.3) is 0 Å². The highest BCUT2D eigenvalue weighted by Gasteiger charge is 2.12. The van der Waals surface area contributed by atoms with Crippen LogP contribution in [-0.4, -0.2) is 49.1 Å². The maximum Gasteiger partial charge on any atom is 0.320 e. The van der Waals surface area contributed by atoms with E-state index in [1.54, 1.807) is 11.8 Å². The zero-order chi connectivity index (χ0) is 10.3. The summed E-state index contributed by atoms with van der Waals surface area (Å²) in [6, 6.07) is 0.416. The molecule has 78 valence electrons. The summed E-state index contributed by atoms with van der Waals surface area (Å²) in [5.74, 6) is 0.897. The molecule has 0 heterocycles. The normalized spacial score (nSPS) is 13.0. The van der Waals surface area contributed by atoms with E-state index in [2.05, 4.69) is 13.2 Å². The van der Waals surface area contributed by atoms with Gasteiger partial charge in [0.05, 0.1) is 13.2 Å². The van der Waals surface area contributed by atoms with Gasteiger partial charge in [0, 0.05) is 11.8 Å². The molecule has 13 heavy (non-hydrogen) atoms. The lowest BCUT2D eigenvalue weighted by atomic mass is 10.3. The first kappa shape index (κ1) is 12.8. The molecule has 0 N–H and O–H groups in total. The van der Waals surface area contributed by atoms with Crippen molar-refractivity contribution in [3.05, 3.63) is 0 Å². The van der Waals surface area contributed by atoms with Crippen molar-refractivity contribution >= 4 is 17.7 Å². The van der Waals surface area contributed by atoms with E-state index in [1.165, 1.54) is 0 Å². The molecule has 0 aromatic heterocycles. The molecule has 0 radical (unpaired) electrons. The van der Waals surface area contributed by atoms with Gasteiger partial charge >= 0.3 is 5.97 Å². The second-order valence-corrected chi connectivity index (χ2v) is 3.94. The minimum atomic E-state index is -0.141. The smallest absolute Gasteiger partial charge is 0.320 e. The molecule has 4 heteroatoms. The van der Waals surface area contributed by atoms with Crippen molar-refractivity contribution in [1.82, 2.24) is 4.90 Å². The van der Waals surface area contributed by atoms with Crippen molar-refractivity contribution < 1.29 is 9.53 Å². The Balaban J connectivity index is 3.71. The van der Waals surface area contributed by atoms with Crippen LogP contribution in [0.3, 0.4) is 0 Å². The van der Waals surface area contributed by atoms with Crippen molar-refractivity contribution in [3.8, 4) is 0 Å². The number of rotatable bonds is 6. The standard InChI is InChI=1S/C9H19NO2S/c1-5-12-9(11)6-10(3)8(2)7-13-4/h8H,5-7H2,1-4H3. The van der Waals surface area contributed by atoms with Gasteiger partial charge in [-0.3, -0.25) is 9.69 Å². The van der Waals surface area contributed by atoms with Crippen LogP contribution in [0.4, 0.5) is 0 Å². The van der Waals surface area contributed by atoms with Crippen LogP contribution in [0.15, 0.2) is 0 Å². The highest BCUT2D eigenvalue weighted by molar-refractivity contribution is 7.98. The summed E-state index contributed by atoms with van der Waals surface area (Å²) in [6.45, 7) is 4.78. The van der Waals surface area contributed by atoms with E-state index in [1.807, 2.05) is 18.9 Å². The van der Waals surface area contributed by atoms with Gasteiger partial charge in [-0.05, 0) is 27.2 Å². The predicted molar refractivity (Wildman–Crippen MR) is 57.1 cm³/mol. The first-order valence-corrected chi connectivity index (χ1v) is 5.86. The highest BCUT2D eigenvalue weighted by Crippen LogP contribution is 2.03. The van der Waals surface area contributed by atoms with E-state index in [-0.39, 0.29) is 5.97 Å². The lowest BCUT2D eigenvalue weighted by molar-refractivity contribution is -0.144. The molecule has 0 aliphatic heterocycles. The number of nitrogens with zero attached hydrogens (tertiary/aromatic N) is 1. The number of carbonyl (C=O) groups excluding carboxylic acids is 1. The van der Waals surface area contributed by atoms with E-state index in [0.29, 0.717) is 19.2 Å². The third-order valence-electron chi connectivity index (χ3n) is 1.84. The average molecular weight is 205 g/mol. The molecule has 0 bridgehead atoms. The zero-order valence-corrected chi connectivity index (χ0v) is 9.69. The number of carbonyl (C=O) groups is 1. The van der Waals surface area contributed by atoms with Gasteiger partial charge < -0.3 is 4.74 Å². The summed E-state index contributed by atoms with van der Waals surface area (Å²) >= 11 is 1.78. The molecule has 0 saturated heterocycles. The van der Waals surface area contributed by atoms with Crippen molar-refractivity contribution in [1.29, 1.82) is 0 Å². The summed E-state index contributed by atoms with van der Waals surface area (Å²) in [6.07, 6.45) is 2.06. The molecular formula is C9H19NO2S. The maximum atomic E-state index is 11.1. The second kappa shape index (κ2) is 7.21. The van der Waals surface area contributed by atoms with Crippen LogP contribution in [0.2, 0.25) is 0 Å². The number of hydrogen-bond donors (Lipinski definition) is 0. The molecule has 1 unspecified atom stereocenters. The molecule has 0 amide bonds. The largest absolute Gasteiger partial charge is 0.465 e. The molecular weight excluding hydrogens is 186 g/mol. The van der Waals surface area contributed by atoms with E-state index < -0.39 is 0 Å². The van der Waals surface area contributed by atoms with Crippen molar-refractivity contribution in [2.45, 2.75) is 19.9 Å². The fourth-order valence-corrected chi connectivity index (χ4v) is 1.67. The summed E-state index contributed by atoms with van der Waals surface area (Å²) in [4.78, 5) is 13.1. The van der Waals surface area contributed by atoms with Crippen LogP contribution >= 0.6 is 11.8 Å². The van der Waals surface area contributed by atoms with Gasteiger partial charge in [0.2, 0.25) is 0 Å². The molecule has 3 nitrogen and oxygen atoms in total. The fourth-order valence-electron chi connectivity index (χ4n) is 0.935. The third-order valence-corrected chi connectivity index (χ3v) is 2.66. The third kappa shape index (κ3) is 5.93. The Morgan fingerprint density at radius 1 is 1.62 bits per heavy atom. The Morgan fingerprint density at radius 3 is 2.69 bits per heavy atom. The molecule has 0 rings (SSSR count). The Labute approximate surface area is 84.8 Å². The molecule has 0 aliphatic carbocycles. The van der Waals surface area contributed by atoms with Crippen molar-refractivity contribution in [2.75, 3.05) is 32.2 Å². The van der Waals surface area contributed by atoms with Gasteiger partial charge in [-0.25, -0.2) is 0 Å². The number of thioether (sulfide) groups is 1. The molecule has 0 saturated carbocycles. The Hall–Kier alpha value is -0.220. The van der Waals surface area contributed by atoms with E-state index in [0.717, 1.165) is 5.75 Å². The molecule has 0 fully saturated rings. The predicted octanol–water partition coefficient (Wildman–Crippen LogP) is 1.23. The average Bonchev–Trinajstić information content (AvgIpc) is 2.05. The topological polar surface area (TPSA) is 29.5 Å². The van der Waals surface area contributed by atoms with Gasteiger partial charge in [-0.15, -0.1) is 0 Å². The van der Waals surface area contributed by atoms with Crippen LogP contribution < -0.4 is 0 Å². The van der Waals surface area contributed by atoms with E-state index in [9.17, 15) is 4.79 Å². The summed E-state index contributed by atoms with van der Waals surface area (Å²) in [7, 11) is 1.94. The molecule has 0 aromatic rings. The SMILES string of the molecule is CCOC(=O)CN(C)C(C)CSC. The Morgan fingerprint density at radius 2 is 2.23 bits per heavy atom. The monoisotopic (exact) mass is 205 g/mol.